The van der Waals surface area contributed by atoms with Crippen molar-refractivity contribution in [3.8, 4) is 23.0 Å². The molecule has 6 rings (SSSR count). The van der Waals surface area contributed by atoms with E-state index in [1.165, 1.54) is 0 Å². The molecule has 8 nitrogen and oxygen atoms in total. The standard InChI is InChI=1S/C30H24O8/c1-3-15-5-8-20-18(11-15)27(31)25(29(33)37-20)24(17-7-10-22-23(13-17)36-14-35-22)26-28(32)19-12-16(4-2)6-9-21(19)38-30(26)34/h5-13,24,31-32H,3-4,14H2,1-2H3. The summed E-state index contributed by atoms with van der Waals surface area (Å²) in [7, 11) is 0. The molecule has 1 aliphatic rings. The maximum absolute atomic E-state index is 13.4. The van der Waals surface area contributed by atoms with Gasteiger partial charge in [-0.1, -0.05) is 32.0 Å². The van der Waals surface area contributed by atoms with Gasteiger partial charge in [-0.15, -0.1) is 0 Å². The second kappa shape index (κ2) is 8.99. The molecule has 0 fully saturated rings. The van der Waals surface area contributed by atoms with Gasteiger partial charge in [0, 0.05) is 0 Å². The van der Waals surface area contributed by atoms with Crippen LogP contribution in [0, 0.1) is 0 Å². The normalized spacial score (nSPS) is 12.6. The average Bonchev–Trinajstić information content (AvgIpc) is 3.40. The van der Waals surface area contributed by atoms with Crippen molar-refractivity contribution in [1.82, 2.24) is 0 Å². The first-order valence-electron chi connectivity index (χ1n) is 12.4. The Bertz CT molecular complexity index is 1740. The van der Waals surface area contributed by atoms with Gasteiger partial charge in [0.15, 0.2) is 11.5 Å². The van der Waals surface area contributed by atoms with E-state index in [-0.39, 0.29) is 40.6 Å². The third-order valence-electron chi connectivity index (χ3n) is 7.08. The van der Waals surface area contributed by atoms with Gasteiger partial charge in [0.1, 0.15) is 22.7 Å². The Hall–Kier alpha value is -4.72. The van der Waals surface area contributed by atoms with Gasteiger partial charge in [-0.05, 0) is 65.9 Å². The number of rotatable bonds is 5. The molecule has 38 heavy (non-hydrogen) atoms. The van der Waals surface area contributed by atoms with Crippen LogP contribution in [0.4, 0.5) is 0 Å². The van der Waals surface area contributed by atoms with Crippen molar-refractivity contribution in [3.05, 3.63) is 103 Å². The molecule has 3 heterocycles. The fourth-order valence-electron chi connectivity index (χ4n) is 5.01. The summed E-state index contributed by atoms with van der Waals surface area (Å²) < 4.78 is 22.2. The largest absolute Gasteiger partial charge is 0.507 e. The second-order valence-corrected chi connectivity index (χ2v) is 9.22. The van der Waals surface area contributed by atoms with Gasteiger partial charge in [-0.3, -0.25) is 0 Å². The molecule has 0 saturated carbocycles. The molecule has 0 radical (unpaired) electrons. The third kappa shape index (κ3) is 3.68. The summed E-state index contributed by atoms with van der Waals surface area (Å²) in [5.74, 6) is -1.01. The molecular weight excluding hydrogens is 488 g/mol. The molecule has 5 aromatic rings. The number of ether oxygens (including phenoxy) is 2. The molecule has 2 N–H and O–H groups in total. The van der Waals surface area contributed by atoms with E-state index < -0.39 is 17.2 Å². The van der Waals surface area contributed by atoms with E-state index in [0.29, 0.717) is 40.7 Å². The minimum absolute atomic E-state index is 0.0236. The van der Waals surface area contributed by atoms with E-state index in [1.807, 2.05) is 26.0 Å². The molecule has 0 bridgehead atoms. The molecule has 2 aromatic heterocycles. The maximum Gasteiger partial charge on any atom is 0.344 e. The lowest BCUT2D eigenvalue weighted by Crippen LogP contribution is -2.21. The number of hydrogen-bond acceptors (Lipinski definition) is 8. The van der Waals surface area contributed by atoms with Gasteiger partial charge in [0.2, 0.25) is 6.79 Å². The Kier molecular flexibility index (Phi) is 5.60. The zero-order valence-corrected chi connectivity index (χ0v) is 20.7. The number of benzene rings is 3. The summed E-state index contributed by atoms with van der Waals surface area (Å²) in [6, 6.07) is 15.3. The fraction of sp³-hybridized carbons (Fsp3) is 0.200. The minimum atomic E-state index is -1.23. The average molecular weight is 513 g/mol. The molecule has 0 atom stereocenters. The number of aryl methyl sites for hydroxylation is 2. The fourth-order valence-corrected chi connectivity index (χ4v) is 5.01. The van der Waals surface area contributed by atoms with Crippen molar-refractivity contribution >= 4 is 21.9 Å². The lowest BCUT2D eigenvalue weighted by molar-refractivity contribution is 0.174. The predicted octanol–water partition coefficient (Wildman–Crippen LogP) is 5.34. The van der Waals surface area contributed by atoms with Crippen molar-refractivity contribution in [1.29, 1.82) is 0 Å². The zero-order valence-electron chi connectivity index (χ0n) is 20.7. The Labute approximate surface area is 216 Å². The lowest BCUT2D eigenvalue weighted by atomic mass is 9.84. The highest BCUT2D eigenvalue weighted by atomic mass is 16.7. The molecular formula is C30H24O8. The van der Waals surface area contributed by atoms with E-state index in [9.17, 15) is 19.8 Å². The van der Waals surface area contributed by atoms with Gasteiger partial charge in [0.05, 0.1) is 27.8 Å². The first-order valence-corrected chi connectivity index (χ1v) is 12.4. The van der Waals surface area contributed by atoms with E-state index in [4.69, 9.17) is 18.3 Å². The Morgan fingerprint density at radius 2 is 1.24 bits per heavy atom. The number of hydrogen-bond donors (Lipinski definition) is 2. The predicted molar refractivity (Wildman–Crippen MR) is 141 cm³/mol. The van der Waals surface area contributed by atoms with Crippen molar-refractivity contribution in [2.75, 3.05) is 6.79 Å². The summed E-state index contributed by atoms with van der Waals surface area (Å²) >= 11 is 0. The molecule has 0 unspecified atom stereocenters. The van der Waals surface area contributed by atoms with Crippen LogP contribution < -0.4 is 20.7 Å². The summed E-state index contributed by atoms with van der Waals surface area (Å²) in [5, 5.41) is 23.6. The monoisotopic (exact) mass is 512 g/mol. The minimum Gasteiger partial charge on any atom is -0.507 e. The number of aromatic hydroxyl groups is 2. The van der Waals surface area contributed by atoms with Gasteiger partial charge in [-0.2, -0.15) is 0 Å². The topological polar surface area (TPSA) is 119 Å². The quantitative estimate of drug-likeness (QED) is 0.303. The molecule has 1 aliphatic heterocycles. The SMILES string of the molecule is CCc1ccc2oc(=O)c(C(c3ccc4c(c3)OCO4)c3c(O)c4cc(CC)ccc4oc3=O)c(O)c2c1. The molecule has 0 saturated heterocycles. The van der Waals surface area contributed by atoms with E-state index in [0.717, 1.165) is 11.1 Å². The second-order valence-electron chi connectivity index (χ2n) is 9.22. The Balaban J connectivity index is 1.70. The van der Waals surface area contributed by atoms with Crippen LogP contribution in [0.5, 0.6) is 23.0 Å². The summed E-state index contributed by atoms with van der Waals surface area (Å²) in [5.41, 5.74) is 0.583. The van der Waals surface area contributed by atoms with Gasteiger partial charge >= 0.3 is 11.3 Å². The van der Waals surface area contributed by atoms with Gasteiger partial charge in [-0.25, -0.2) is 9.59 Å². The summed E-state index contributed by atoms with van der Waals surface area (Å²) in [6.45, 7) is 3.96. The first kappa shape index (κ1) is 23.7. The van der Waals surface area contributed by atoms with Crippen molar-refractivity contribution in [3.63, 3.8) is 0 Å². The van der Waals surface area contributed by atoms with E-state index >= 15 is 0 Å². The highest BCUT2D eigenvalue weighted by Crippen LogP contribution is 2.44. The van der Waals surface area contributed by atoms with Crippen molar-refractivity contribution in [2.24, 2.45) is 0 Å². The van der Waals surface area contributed by atoms with Crippen LogP contribution in [-0.4, -0.2) is 17.0 Å². The summed E-state index contributed by atoms with van der Waals surface area (Å²) in [4.78, 5) is 26.8. The van der Waals surface area contributed by atoms with Crippen LogP contribution >= 0.6 is 0 Å². The smallest absolute Gasteiger partial charge is 0.344 e. The van der Waals surface area contributed by atoms with Crippen molar-refractivity contribution < 1.29 is 28.5 Å². The van der Waals surface area contributed by atoms with Crippen LogP contribution in [0.2, 0.25) is 0 Å². The van der Waals surface area contributed by atoms with E-state index in [1.54, 1.807) is 42.5 Å². The van der Waals surface area contributed by atoms with Crippen LogP contribution in [0.25, 0.3) is 21.9 Å². The van der Waals surface area contributed by atoms with Crippen LogP contribution in [0.15, 0.2) is 73.0 Å². The highest BCUT2D eigenvalue weighted by molar-refractivity contribution is 5.87. The zero-order chi connectivity index (χ0) is 26.6. The van der Waals surface area contributed by atoms with Crippen LogP contribution in [0.3, 0.4) is 0 Å². The number of fused-ring (bicyclic) bond motifs is 3. The molecule has 0 spiro atoms. The molecule has 192 valence electrons. The lowest BCUT2D eigenvalue weighted by Gasteiger charge is -2.20. The van der Waals surface area contributed by atoms with E-state index in [2.05, 4.69) is 0 Å². The molecule has 0 aliphatic carbocycles. The van der Waals surface area contributed by atoms with Gasteiger partial charge < -0.3 is 28.5 Å². The Morgan fingerprint density at radius 3 is 1.76 bits per heavy atom. The maximum atomic E-state index is 13.4. The van der Waals surface area contributed by atoms with Crippen LogP contribution in [0.1, 0.15) is 47.6 Å². The molecule has 3 aromatic carbocycles. The first-order chi connectivity index (χ1) is 18.4. The molecule has 8 heteroatoms. The summed E-state index contributed by atoms with van der Waals surface area (Å²) in [6.07, 6.45) is 1.40. The highest BCUT2D eigenvalue weighted by Gasteiger charge is 2.33. The third-order valence-corrected chi connectivity index (χ3v) is 7.08. The Morgan fingerprint density at radius 1 is 0.711 bits per heavy atom. The van der Waals surface area contributed by atoms with Crippen LogP contribution in [-0.2, 0) is 12.8 Å². The van der Waals surface area contributed by atoms with Crippen molar-refractivity contribution in [2.45, 2.75) is 32.6 Å². The molecule has 0 amide bonds. The van der Waals surface area contributed by atoms with Gasteiger partial charge in [0.25, 0.3) is 0 Å².